The molecule has 6 heteroatoms. The minimum absolute atomic E-state index is 0.0904. The Morgan fingerprint density at radius 3 is 2.72 bits per heavy atom. The van der Waals surface area contributed by atoms with Crippen LogP contribution in [0.3, 0.4) is 0 Å². The van der Waals surface area contributed by atoms with E-state index in [1.165, 1.54) is 0 Å². The zero-order valence-corrected chi connectivity index (χ0v) is 11.0. The van der Waals surface area contributed by atoms with Crippen LogP contribution in [0.4, 0.5) is 0 Å². The summed E-state index contributed by atoms with van der Waals surface area (Å²) in [7, 11) is 0. The van der Waals surface area contributed by atoms with E-state index in [4.69, 9.17) is 5.11 Å². The number of aliphatic hydroxyl groups excluding tert-OH is 1. The van der Waals surface area contributed by atoms with E-state index in [1.54, 1.807) is 12.5 Å². The molecule has 0 saturated heterocycles. The van der Waals surface area contributed by atoms with Crippen LogP contribution in [0.25, 0.3) is 0 Å². The molecule has 0 bridgehead atoms. The molecule has 2 heterocycles. The number of aliphatic hydroxyl groups is 1. The van der Waals surface area contributed by atoms with Crippen LogP contribution < -0.4 is 0 Å². The van der Waals surface area contributed by atoms with Gasteiger partial charge in [-0.25, -0.2) is 9.67 Å². The number of hydrogen-bond acceptors (Lipinski definition) is 4. The SMILES string of the molecule is CC(C)(C)n1ncnc1Cn1cc(CCO)cn1. The summed E-state index contributed by atoms with van der Waals surface area (Å²) in [5.41, 5.74) is 0.937. The smallest absolute Gasteiger partial charge is 0.149 e. The summed E-state index contributed by atoms with van der Waals surface area (Å²) < 4.78 is 3.72. The molecule has 0 radical (unpaired) electrons. The van der Waals surface area contributed by atoms with Crippen LogP contribution >= 0.6 is 0 Å². The van der Waals surface area contributed by atoms with Crippen molar-refractivity contribution in [2.24, 2.45) is 0 Å². The maximum absolute atomic E-state index is 8.87. The van der Waals surface area contributed by atoms with Gasteiger partial charge < -0.3 is 5.11 Å². The van der Waals surface area contributed by atoms with E-state index in [0.29, 0.717) is 13.0 Å². The molecule has 0 aromatic carbocycles. The first kappa shape index (κ1) is 12.8. The quantitative estimate of drug-likeness (QED) is 0.870. The summed E-state index contributed by atoms with van der Waals surface area (Å²) in [4.78, 5) is 4.27. The monoisotopic (exact) mass is 249 g/mol. The second kappa shape index (κ2) is 4.89. The van der Waals surface area contributed by atoms with Crippen LogP contribution in [0.15, 0.2) is 18.7 Å². The highest BCUT2D eigenvalue weighted by molar-refractivity contribution is 5.05. The fraction of sp³-hybridized carbons (Fsp3) is 0.583. The highest BCUT2D eigenvalue weighted by Crippen LogP contribution is 2.14. The molecule has 2 aromatic heterocycles. The van der Waals surface area contributed by atoms with E-state index in [-0.39, 0.29) is 12.1 Å². The summed E-state index contributed by atoms with van der Waals surface area (Å²) in [6.45, 7) is 6.99. The van der Waals surface area contributed by atoms with Gasteiger partial charge >= 0.3 is 0 Å². The Kier molecular flexibility index (Phi) is 3.47. The first-order valence-electron chi connectivity index (χ1n) is 6.02. The Hall–Kier alpha value is -1.69. The molecule has 2 aromatic rings. The molecule has 18 heavy (non-hydrogen) atoms. The Morgan fingerprint density at radius 1 is 1.28 bits per heavy atom. The third-order valence-electron chi connectivity index (χ3n) is 2.64. The Morgan fingerprint density at radius 2 is 2.06 bits per heavy atom. The van der Waals surface area contributed by atoms with Crippen molar-refractivity contribution in [2.45, 2.75) is 39.3 Å². The molecule has 0 amide bonds. The van der Waals surface area contributed by atoms with Gasteiger partial charge in [-0.15, -0.1) is 0 Å². The zero-order chi connectivity index (χ0) is 13.2. The summed E-state index contributed by atoms with van der Waals surface area (Å²) >= 11 is 0. The molecule has 0 aliphatic rings. The van der Waals surface area contributed by atoms with Gasteiger partial charge in [-0.2, -0.15) is 10.2 Å². The molecule has 1 N–H and O–H groups in total. The van der Waals surface area contributed by atoms with Crippen LogP contribution in [-0.4, -0.2) is 36.3 Å². The first-order chi connectivity index (χ1) is 8.50. The Bertz CT molecular complexity index is 509. The normalized spacial score (nSPS) is 12.0. The maximum Gasteiger partial charge on any atom is 0.149 e. The lowest BCUT2D eigenvalue weighted by atomic mass is 10.1. The molecular formula is C12H19N5O. The van der Waals surface area contributed by atoms with Crippen molar-refractivity contribution in [3.05, 3.63) is 30.1 Å². The minimum atomic E-state index is -0.0904. The maximum atomic E-state index is 8.87. The van der Waals surface area contributed by atoms with E-state index in [9.17, 15) is 0 Å². The predicted octanol–water partition coefficient (Wildman–Crippen LogP) is 0.813. The lowest BCUT2D eigenvalue weighted by Gasteiger charge is -2.21. The second-order valence-corrected chi connectivity index (χ2v) is 5.28. The van der Waals surface area contributed by atoms with E-state index in [1.807, 2.05) is 15.6 Å². The van der Waals surface area contributed by atoms with Crippen LogP contribution in [0.5, 0.6) is 0 Å². The third kappa shape index (κ3) is 2.76. The van der Waals surface area contributed by atoms with E-state index in [2.05, 4.69) is 36.0 Å². The molecule has 0 unspecified atom stereocenters. The highest BCUT2D eigenvalue weighted by atomic mass is 16.2. The minimum Gasteiger partial charge on any atom is -0.396 e. The van der Waals surface area contributed by atoms with Gasteiger partial charge in [0.05, 0.1) is 11.7 Å². The van der Waals surface area contributed by atoms with Crippen molar-refractivity contribution in [3.8, 4) is 0 Å². The van der Waals surface area contributed by atoms with Crippen LogP contribution in [-0.2, 0) is 18.5 Å². The number of nitrogens with zero attached hydrogens (tertiary/aromatic N) is 5. The first-order valence-corrected chi connectivity index (χ1v) is 6.02. The molecule has 0 aliphatic carbocycles. The fourth-order valence-corrected chi connectivity index (χ4v) is 1.83. The topological polar surface area (TPSA) is 68.8 Å². The summed E-state index contributed by atoms with van der Waals surface area (Å²) in [5.74, 6) is 0.876. The summed E-state index contributed by atoms with van der Waals surface area (Å²) in [6, 6.07) is 0. The van der Waals surface area contributed by atoms with Gasteiger partial charge in [0, 0.05) is 12.8 Å². The zero-order valence-electron chi connectivity index (χ0n) is 11.0. The average Bonchev–Trinajstić information content (AvgIpc) is 2.88. The number of rotatable bonds is 4. The van der Waals surface area contributed by atoms with Gasteiger partial charge in [0.15, 0.2) is 0 Å². The average molecular weight is 249 g/mol. The second-order valence-electron chi connectivity index (χ2n) is 5.28. The number of hydrogen-bond donors (Lipinski definition) is 1. The van der Waals surface area contributed by atoms with Crippen molar-refractivity contribution < 1.29 is 5.11 Å². The summed E-state index contributed by atoms with van der Waals surface area (Å²) in [6.07, 6.45) is 5.90. The van der Waals surface area contributed by atoms with Crippen LogP contribution in [0.1, 0.15) is 32.2 Å². The van der Waals surface area contributed by atoms with Crippen molar-refractivity contribution in [1.29, 1.82) is 0 Å². The lowest BCUT2D eigenvalue weighted by molar-refractivity contribution is 0.299. The standard InChI is InChI=1S/C12H19N5O/c1-12(2,3)17-11(13-9-15-17)8-16-7-10(4-5-18)6-14-16/h6-7,9,18H,4-5,8H2,1-3H3. The van der Waals surface area contributed by atoms with Gasteiger partial charge in [-0.05, 0) is 32.8 Å². The molecule has 0 atom stereocenters. The van der Waals surface area contributed by atoms with Gasteiger partial charge in [0.25, 0.3) is 0 Å². The third-order valence-corrected chi connectivity index (χ3v) is 2.64. The van der Waals surface area contributed by atoms with Crippen molar-refractivity contribution in [3.63, 3.8) is 0 Å². The Labute approximate surface area is 106 Å². The predicted molar refractivity (Wildman–Crippen MR) is 67.1 cm³/mol. The molecular weight excluding hydrogens is 230 g/mol. The molecule has 98 valence electrons. The molecule has 2 rings (SSSR count). The molecule has 6 nitrogen and oxygen atoms in total. The highest BCUT2D eigenvalue weighted by Gasteiger charge is 2.18. The Balaban J connectivity index is 2.16. The van der Waals surface area contributed by atoms with Crippen molar-refractivity contribution in [2.75, 3.05) is 6.61 Å². The van der Waals surface area contributed by atoms with E-state index in [0.717, 1.165) is 11.4 Å². The van der Waals surface area contributed by atoms with Gasteiger partial charge in [-0.1, -0.05) is 0 Å². The molecule has 0 aliphatic heterocycles. The van der Waals surface area contributed by atoms with E-state index < -0.39 is 0 Å². The lowest BCUT2D eigenvalue weighted by Crippen LogP contribution is -2.26. The van der Waals surface area contributed by atoms with Crippen molar-refractivity contribution in [1.82, 2.24) is 24.5 Å². The molecule has 0 fully saturated rings. The fourth-order valence-electron chi connectivity index (χ4n) is 1.83. The van der Waals surface area contributed by atoms with Crippen LogP contribution in [0, 0.1) is 0 Å². The summed E-state index contributed by atoms with van der Waals surface area (Å²) in [5, 5.41) is 17.4. The van der Waals surface area contributed by atoms with Gasteiger partial charge in [0.1, 0.15) is 18.7 Å². The van der Waals surface area contributed by atoms with Gasteiger partial charge in [0.2, 0.25) is 0 Å². The van der Waals surface area contributed by atoms with Crippen LogP contribution in [0.2, 0.25) is 0 Å². The van der Waals surface area contributed by atoms with Crippen molar-refractivity contribution >= 4 is 0 Å². The van der Waals surface area contributed by atoms with E-state index >= 15 is 0 Å². The van der Waals surface area contributed by atoms with Gasteiger partial charge in [-0.3, -0.25) is 4.68 Å². The molecule has 0 saturated carbocycles. The largest absolute Gasteiger partial charge is 0.396 e. The number of aromatic nitrogens is 5. The molecule has 0 spiro atoms.